The highest BCUT2D eigenvalue weighted by Gasteiger charge is 2.00. The van der Waals surface area contributed by atoms with E-state index in [0.29, 0.717) is 0 Å². The molecule has 2 rings (SSSR count). The molecule has 0 radical (unpaired) electrons. The zero-order valence-corrected chi connectivity index (χ0v) is 11.8. The van der Waals surface area contributed by atoms with Crippen molar-refractivity contribution in [3.05, 3.63) is 70.8 Å². The van der Waals surface area contributed by atoms with Crippen molar-refractivity contribution in [2.24, 2.45) is 0 Å². The topological polar surface area (TPSA) is 20.2 Å². The molecule has 0 amide bonds. The molecule has 0 saturated heterocycles. The summed E-state index contributed by atoms with van der Waals surface area (Å²) in [6.45, 7) is 3.95. The van der Waals surface area contributed by atoms with Gasteiger partial charge in [-0.2, -0.15) is 0 Å². The molecule has 0 heterocycles. The molecule has 0 aromatic heterocycles. The first-order valence-electron chi connectivity index (χ1n) is 6.95. The number of rotatable bonds is 5. The van der Waals surface area contributed by atoms with Gasteiger partial charge in [0.15, 0.2) is 0 Å². The molecule has 1 nitrogen and oxygen atoms in total. The normalized spacial score (nSPS) is 12.4. The van der Waals surface area contributed by atoms with Crippen LogP contribution in [-0.4, -0.2) is 11.2 Å². The Morgan fingerprint density at radius 1 is 0.842 bits per heavy atom. The summed E-state index contributed by atoms with van der Waals surface area (Å²) in [5.41, 5.74) is 5.29. The van der Waals surface area contributed by atoms with Crippen molar-refractivity contribution < 1.29 is 5.11 Å². The molecular weight excluding hydrogens is 232 g/mol. The molecule has 1 atom stereocenters. The molecule has 0 spiro atoms. The summed E-state index contributed by atoms with van der Waals surface area (Å²) in [6, 6.07) is 17.4. The predicted octanol–water partition coefficient (Wildman–Crippen LogP) is 3.90. The van der Waals surface area contributed by atoms with Gasteiger partial charge >= 0.3 is 0 Å². The van der Waals surface area contributed by atoms with Gasteiger partial charge in [-0.15, -0.1) is 0 Å². The zero-order chi connectivity index (χ0) is 13.7. The van der Waals surface area contributed by atoms with E-state index in [1.165, 1.54) is 22.3 Å². The molecule has 19 heavy (non-hydrogen) atoms. The standard InChI is InChI=1S/C18H22O/c1-14-3-6-17(7-4-14)13-18-11-9-16(10-12-18)8-5-15(2)19/h3-4,6-7,9-12,15,19H,5,8,13H2,1-2H3. The van der Waals surface area contributed by atoms with E-state index in [4.69, 9.17) is 0 Å². The highest BCUT2D eigenvalue weighted by Crippen LogP contribution is 2.13. The van der Waals surface area contributed by atoms with E-state index in [1.807, 2.05) is 6.92 Å². The summed E-state index contributed by atoms with van der Waals surface area (Å²) >= 11 is 0. The van der Waals surface area contributed by atoms with Gasteiger partial charge in [0.1, 0.15) is 0 Å². The Bertz CT molecular complexity index is 494. The Morgan fingerprint density at radius 2 is 1.32 bits per heavy atom. The molecular formula is C18H22O. The number of hydrogen-bond acceptors (Lipinski definition) is 1. The minimum atomic E-state index is -0.216. The van der Waals surface area contributed by atoms with E-state index in [-0.39, 0.29) is 6.10 Å². The molecule has 0 fully saturated rings. The van der Waals surface area contributed by atoms with Crippen molar-refractivity contribution in [2.45, 2.75) is 39.2 Å². The molecule has 0 aliphatic heterocycles. The quantitative estimate of drug-likeness (QED) is 0.858. The number of aliphatic hydroxyl groups excluding tert-OH is 1. The van der Waals surface area contributed by atoms with Crippen LogP contribution in [-0.2, 0) is 12.8 Å². The lowest BCUT2D eigenvalue weighted by atomic mass is 10.0. The minimum Gasteiger partial charge on any atom is -0.393 e. The van der Waals surface area contributed by atoms with Crippen LogP contribution in [0.5, 0.6) is 0 Å². The van der Waals surface area contributed by atoms with Crippen LogP contribution in [0, 0.1) is 6.92 Å². The largest absolute Gasteiger partial charge is 0.393 e. The fourth-order valence-electron chi connectivity index (χ4n) is 2.14. The summed E-state index contributed by atoms with van der Waals surface area (Å²) in [6.07, 6.45) is 2.55. The van der Waals surface area contributed by atoms with Crippen LogP contribution in [0.4, 0.5) is 0 Å². The minimum absolute atomic E-state index is 0.216. The van der Waals surface area contributed by atoms with Gasteiger partial charge in [-0.3, -0.25) is 0 Å². The number of aliphatic hydroxyl groups is 1. The predicted molar refractivity (Wildman–Crippen MR) is 80.4 cm³/mol. The molecule has 1 unspecified atom stereocenters. The van der Waals surface area contributed by atoms with Crippen LogP contribution < -0.4 is 0 Å². The molecule has 0 aliphatic rings. The summed E-state index contributed by atoms with van der Waals surface area (Å²) in [5, 5.41) is 9.29. The zero-order valence-electron chi connectivity index (χ0n) is 11.8. The van der Waals surface area contributed by atoms with Gasteiger partial charge in [-0.1, -0.05) is 54.1 Å². The second-order valence-corrected chi connectivity index (χ2v) is 5.37. The van der Waals surface area contributed by atoms with Crippen LogP contribution in [0.2, 0.25) is 0 Å². The van der Waals surface area contributed by atoms with E-state index >= 15 is 0 Å². The summed E-state index contributed by atoms with van der Waals surface area (Å²) in [4.78, 5) is 0. The fraction of sp³-hybridized carbons (Fsp3) is 0.333. The fourth-order valence-corrected chi connectivity index (χ4v) is 2.14. The highest BCUT2D eigenvalue weighted by molar-refractivity contribution is 5.30. The van der Waals surface area contributed by atoms with Gasteiger partial charge in [0.25, 0.3) is 0 Å². The van der Waals surface area contributed by atoms with Crippen molar-refractivity contribution in [3.63, 3.8) is 0 Å². The Balaban J connectivity index is 1.96. The van der Waals surface area contributed by atoms with Crippen molar-refractivity contribution in [1.29, 1.82) is 0 Å². The Kier molecular flexibility index (Phi) is 4.75. The van der Waals surface area contributed by atoms with E-state index in [9.17, 15) is 5.11 Å². The molecule has 100 valence electrons. The third-order valence-electron chi connectivity index (χ3n) is 3.40. The lowest BCUT2D eigenvalue weighted by Gasteiger charge is -2.06. The molecule has 0 bridgehead atoms. The van der Waals surface area contributed by atoms with E-state index in [1.54, 1.807) is 0 Å². The summed E-state index contributed by atoms with van der Waals surface area (Å²) in [5.74, 6) is 0. The van der Waals surface area contributed by atoms with Gasteiger partial charge in [0.05, 0.1) is 6.10 Å². The van der Waals surface area contributed by atoms with Crippen molar-refractivity contribution in [1.82, 2.24) is 0 Å². The molecule has 1 heteroatoms. The van der Waals surface area contributed by atoms with Gasteiger partial charge in [-0.05, 0) is 49.8 Å². The summed E-state index contributed by atoms with van der Waals surface area (Å²) < 4.78 is 0. The highest BCUT2D eigenvalue weighted by atomic mass is 16.3. The van der Waals surface area contributed by atoms with Gasteiger partial charge in [-0.25, -0.2) is 0 Å². The van der Waals surface area contributed by atoms with Gasteiger partial charge < -0.3 is 5.11 Å². The van der Waals surface area contributed by atoms with E-state index in [0.717, 1.165) is 19.3 Å². The molecule has 2 aromatic rings. The Labute approximate surface area is 115 Å². The van der Waals surface area contributed by atoms with E-state index in [2.05, 4.69) is 55.5 Å². The van der Waals surface area contributed by atoms with Crippen LogP contribution >= 0.6 is 0 Å². The Hall–Kier alpha value is -1.60. The van der Waals surface area contributed by atoms with Crippen molar-refractivity contribution in [3.8, 4) is 0 Å². The first kappa shape index (κ1) is 13.8. The maximum absolute atomic E-state index is 9.29. The maximum Gasteiger partial charge on any atom is 0.0515 e. The number of benzene rings is 2. The number of hydrogen-bond donors (Lipinski definition) is 1. The second-order valence-electron chi connectivity index (χ2n) is 5.37. The molecule has 2 aromatic carbocycles. The summed E-state index contributed by atoms with van der Waals surface area (Å²) in [7, 11) is 0. The Morgan fingerprint density at radius 3 is 1.84 bits per heavy atom. The smallest absolute Gasteiger partial charge is 0.0515 e. The third kappa shape index (κ3) is 4.53. The van der Waals surface area contributed by atoms with Crippen molar-refractivity contribution in [2.75, 3.05) is 0 Å². The second kappa shape index (κ2) is 6.53. The van der Waals surface area contributed by atoms with Crippen molar-refractivity contribution >= 4 is 0 Å². The monoisotopic (exact) mass is 254 g/mol. The van der Waals surface area contributed by atoms with Crippen LogP contribution in [0.15, 0.2) is 48.5 Å². The lowest BCUT2D eigenvalue weighted by molar-refractivity contribution is 0.185. The van der Waals surface area contributed by atoms with Gasteiger partial charge in [0.2, 0.25) is 0 Å². The van der Waals surface area contributed by atoms with Crippen LogP contribution in [0.1, 0.15) is 35.6 Å². The first-order valence-corrected chi connectivity index (χ1v) is 6.95. The number of aryl methyl sites for hydroxylation is 2. The van der Waals surface area contributed by atoms with Crippen LogP contribution in [0.3, 0.4) is 0 Å². The molecule has 1 N–H and O–H groups in total. The maximum atomic E-state index is 9.29. The molecule has 0 aliphatic carbocycles. The third-order valence-corrected chi connectivity index (χ3v) is 3.40. The average Bonchev–Trinajstić information content (AvgIpc) is 2.40. The lowest BCUT2D eigenvalue weighted by Crippen LogP contribution is -2.01. The molecule has 0 saturated carbocycles. The first-order chi connectivity index (χ1) is 9.13. The average molecular weight is 254 g/mol. The SMILES string of the molecule is Cc1ccc(Cc2ccc(CCC(C)O)cc2)cc1. The van der Waals surface area contributed by atoms with Gasteiger partial charge in [0, 0.05) is 0 Å². The van der Waals surface area contributed by atoms with Crippen LogP contribution in [0.25, 0.3) is 0 Å². The van der Waals surface area contributed by atoms with E-state index < -0.39 is 0 Å².